The molecule has 2 aromatic rings. The molecule has 0 aromatic carbocycles. The second-order valence-corrected chi connectivity index (χ2v) is 5.30. The van der Waals surface area contributed by atoms with Gasteiger partial charge in [0.1, 0.15) is 10.8 Å². The van der Waals surface area contributed by atoms with Crippen LogP contribution in [0.25, 0.3) is 0 Å². The minimum atomic E-state index is -0.263. The third kappa shape index (κ3) is 3.82. The molecule has 2 aromatic heterocycles. The Hall–Kier alpha value is -1.86. The molecule has 4 N–H and O–H groups in total. The van der Waals surface area contributed by atoms with Crippen molar-refractivity contribution in [3.8, 4) is 0 Å². The molecule has 0 atom stereocenters. The standard InChI is InChI=1S/C13H17N5OS/c1-3-15-6-9-4-8(2)12(16-7-9)20-13-17-10(14)5-11(19)18-13/h4-5,7,15H,3,6H2,1-2H3,(H3,14,17,18,19). The summed E-state index contributed by atoms with van der Waals surface area (Å²) in [6.45, 7) is 5.76. The smallest absolute Gasteiger partial charge is 0.253 e. The van der Waals surface area contributed by atoms with E-state index in [9.17, 15) is 4.79 Å². The fourth-order valence-electron chi connectivity index (χ4n) is 1.69. The molecule has 0 saturated carbocycles. The number of rotatable bonds is 5. The van der Waals surface area contributed by atoms with Crippen molar-refractivity contribution in [2.75, 3.05) is 12.3 Å². The highest BCUT2D eigenvalue weighted by atomic mass is 32.2. The Kier molecular flexibility index (Phi) is 4.75. The van der Waals surface area contributed by atoms with Crippen LogP contribution in [0.15, 0.2) is 33.3 Å². The third-order valence-electron chi connectivity index (χ3n) is 2.60. The molecule has 2 heterocycles. The predicted molar refractivity (Wildman–Crippen MR) is 79.7 cm³/mol. The number of hydrogen-bond donors (Lipinski definition) is 3. The van der Waals surface area contributed by atoms with Gasteiger partial charge in [-0.15, -0.1) is 0 Å². The summed E-state index contributed by atoms with van der Waals surface area (Å²) in [5.41, 5.74) is 7.46. The summed E-state index contributed by atoms with van der Waals surface area (Å²) in [5, 5.41) is 4.51. The third-order valence-corrected chi connectivity index (χ3v) is 3.61. The first kappa shape index (κ1) is 14.5. The van der Waals surface area contributed by atoms with Crippen LogP contribution in [0.4, 0.5) is 5.82 Å². The maximum atomic E-state index is 11.3. The van der Waals surface area contributed by atoms with Crippen LogP contribution >= 0.6 is 11.8 Å². The first-order valence-corrected chi connectivity index (χ1v) is 7.11. The lowest BCUT2D eigenvalue weighted by atomic mass is 10.2. The number of pyridine rings is 1. The van der Waals surface area contributed by atoms with Gasteiger partial charge < -0.3 is 16.0 Å². The number of hydrogen-bond acceptors (Lipinski definition) is 6. The molecule has 0 unspecified atom stereocenters. The van der Waals surface area contributed by atoms with Crippen LogP contribution in [0.1, 0.15) is 18.1 Å². The van der Waals surface area contributed by atoms with E-state index in [4.69, 9.17) is 5.73 Å². The van der Waals surface area contributed by atoms with Crippen LogP contribution in [0.3, 0.4) is 0 Å². The zero-order valence-corrected chi connectivity index (χ0v) is 12.3. The molecule has 0 spiro atoms. The zero-order valence-electron chi connectivity index (χ0n) is 11.4. The van der Waals surface area contributed by atoms with Gasteiger partial charge >= 0.3 is 0 Å². The van der Waals surface area contributed by atoms with Crippen LogP contribution in [0, 0.1) is 6.92 Å². The molecule has 7 heteroatoms. The van der Waals surface area contributed by atoms with E-state index < -0.39 is 0 Å². The molecule has 0 fully saturated rings. The van der Waals surface area contributed by atoms with Crippen molar-refractivity contribution in [1.29, 1.82) is 0 Å². The maximum absolute atomic E-state index is 11.3. The van der Waals surface area contributed by atoms with Gasteiger partial charge in [-0.2, -0.15) is 0 Å². The Balaban J connectivity index is 2.19. The van der Waals surface area contributed by atoms with Crippen molar-refractivity contribution in [2.45, 2.75) is 30.6 Å². The molecule has 6 nitrogen and oxygen atoms in total. The van der Waals surface area contributed by atoms with E-state index in [1.807, 2.05) is 13.1 Å². The summed E-state index contributed by atoms with van der Waals surface area (Å²) in [6, 6.07) is 3.33. The van der Waals surface area contributed by atoms with Crippen LogP contribution in [0.5, 0.6) is 0 Å². The maximum Gasteiger partial charge on any atom is 0.253 e. The summed E-state index contributed by atoms with van der Waals surface area (Å²) < 4.78 is 0. The van der Waals surface area contributed by atoms with Crippen LogP contribution < -0.4 is 16.6 Å². The van der Waals surface area contributed by atoms with Crippen molar-refractivity contribution in [2.24, 2.45) is 0 Å². The largest absolute Gasteiger partial charge is 0.383 e. The first-order valence-electron chi connectivity index (χ1n) is 6.29. The van der Waals surface area contributed by atoms with Gasteiger partial charge in [0.05, 0.1) is 0 Å². The van der Waals surface area contributed by atoms with E-state index >= 15 is 0 Å². The van der Waals surface area contributed by atoms with Gasteiger partial charge in [0.25, 0.3) is 5.56 Å². The second kappa shape index (κ2) is 6.53. The average Bonchev–Trinajstić information content (AvgIpc) is 2.38. The van der Waals surface area contributed by atoms with Crippen LogP contribution in [0.2, 0.25) is 0 Å². The van der Waals surface area contributed by atoms with E-state index in [0.29, 0.717) is 5.16 Å². The lowest BCUT2D eigenvalue weighted by molar-refractivity contribution is 0.721. The Labute approximate surface area is 121 Å². The van der Waals surface area contributed by atoms with E-state index in [1.54, 1.807) is 0 Å². The monoisotopic (exact) mass is 291 g/mol. The number of anilines is 1. The number of aryl methyl sites for hydroxylation is 1. The number of aromatic nitrogens is 3. The van der Waals surface area contributed by atoms with Crippen LogP contribution in [-0.4, -0.2) is 21.5 Å². The minimum absolute atomic E-state index is 0.206. The summed E-state index contributed by atoms with van der Waals surface area (Å²) in [5.74, 6) is 0.206. The molecule has 20 heavy (non-hydrogen) atoms. The van der Waals surface area contributed by atoms with Gasteiger partial charge in [0.15, 0.2) is 5.16 Å². The van der Waals surface area contributed by atoms with E-state index in [-0.39, 0.29) is 11.4 Å². The van der Waals surface area contributed by atoms with Gasteiger partial charge in [0, 0.05) is 18.8 Å². The molecule has 0 aliphatic carbocycles. The van der Waals surface area contributed by atoms with Gasteiger partial charge in [-0.3, -0.25) is 4.79 Å². The van der Waals surface area contributed by atoms with Crippen molar-refractivity contribution in [3.05, 3.63) is 39.8 Å². The molecule has 0 bridgehead atoms. The molecule has 0 aliphatic heterocycles. The number of aromatic amines is 1. The number of H-pyrrole nitrogens is 1. The van der Waals surface area contributed by atoms with Crippen molar-refractivity contribution < 1.29 is 0 Å². The fraction of sp³-hybridized carbons (Fsp3) is 0.308. The highest BCUT2D eigenvalue weighted by Crippen LogP contribution is 2.25. The first-order chi connectivity index (χ1) is 9.58. The van der Waals surface area contributed by atoms with Gasteiger partial charge in [0.2, 0.25) is 0 Å². The molecule has 106 valence electrons. The molecule has 0 saturated heterocycles. The molecule has 0 amide bonds. The minimum Gasteiger partial charge on any atom is -0.383 e. The van der Waals surface area contributed by atoms with Crippen molar-refractivity contribution in [1.82, 2.24) is 20.3 Å². The summed E-state index contributed by atoms with van der Waals surface area (Å²) >= 11 is 1.30. The van der Waals surface area contributed by atoms with Gasteiger partial charge in [-0.05, 0) is 36.4 Å². The number of nitrogen functional groups attached to an aromatic ring is 1. The Bertz CT molecular complexity index is 655. The molecule has 0 radical (unpaired) electrons. The average molecular weight is 291 g/mol. The second-order valence-electron chi connectivity index (χ2n) is 4.32. The SMILES string of the molecule is CCNCc1cnc(Sc2nc(N)cc(=O)[nH]2)c(C)c1. The molecular formula is C13H17N5OS. The molecule has 0 aliphatic rings. The number of nitrogens with zero attached hydrogens (tertiary/aromatic N) is 2. The Morgan fingerprint density at radius 2 is 2.25 bits per heavy atom. The van der Waals surface area contributed by atoms with E-state index in [2.05, 4.69) is 33.3 Å². The summed E-state index contributed by atoms with van der Waals surface area (Å²) in [6.07, 6.45) is 1.82. The molecule has 2 rings (SSSR count). The highest BCUT2D eigenvalue weighted by molar-refractivity contribution is 7.99. The van der Waals surface area contributed by atoms with E-state index in [0.717, 1.165) is 29.2 Å². The topological polar surface area (TPSA) is 96.7 Å². The summed E-state index contributed by atoms with van der Waals surface area (Å²) in [4.78, 5) is 22.5. The van der Waals surface area contributed by atoms with Gasteiger partial charge in [-0.25, -0.2) is 9.97 Å². The van der Waals surface area contributed by atoms with E-state index in [1.165, 1.54) is 17.8 Å². The zero-order chi connectivity index (χ0) is 14.5. The summed E-state index contributed by atoms with van der Waals surface area (Å²) in [7, 11) is 0. The lowest BCUT2D eigenvalue weighted by Gasteiger charge is -2.07. The Morgan fingerprint density at radius 3 is 2.90 bits per heavy atom. The lowest BCUT2D eigenvalue weighted by Crippen LogP contribution is -2.12. The quantitative estimate of drug-likeness (QED) is 0.719. The fourth-order valence-corrected chi connectivity index (χ4v) is 2.50. The normalized spacial score (nSPS) is 10.7. The number of nitrogens with two attached hydrogens (primary N) is 1. The molecular weight excluding hydrogens is 274 g/mol. The van der Waals surface area contributed by atoms with Crippen molar-refractivity contribution >= 4 is 17.6 Å². The van der Waals surface area contributed by atoms with Gasteiger partial charge in [-0.1, -0.05) is 13.0 Å². The van der Waals surface area contributed by atoms with Crippen LogP contribution in [-0.2, 0) is 6.54 Å². The number of nitrogens with one attached hydrogen (secondary N) is 2. The van der Waals surface area contributed by atoms with Crippen molar-refractivity contribution in [3.63, 3.8) is 0 Å². The Morgan fingerprint density at radius 1 is 1.45 bits per heavy atom. The highest BCUT2D eigenvalue weighted by Gasteiger charge is 2.07. The predicted octanol–water partition coefficient (Wildman–Crippen LogP) is 1.32.